The summed E-state index contributed by atoms with van der Waals surface area (Å²) in [6.45, 7) is 3.81. The minimum Gasteiger partial charge on any atom is -0.478 e. The summed E-state index contributed by atoms with van der Waals surface area (Å²) in [5, 5.41) is 12.1. The van der Waals surface area contributed by atoms with E-state index in [1.807, 2.05) is 0 Å². The van der Waals surface area contributed by atoms with Gasteiger partial charge in [0.1, 0.15) is 5.56 Å². The summed E-state index contributed by atoms with van der Waals surface area (Å²) in [4.78, 5) is 14.4. The largest absolute Gasteiger partial charge is 0.478 e. The molecule has 0 amide bonds. The van der Waals surface area contributed by atoms with E-state index in [1.165, 1.54) is 12.4 Å². The standard InChI is InChI=1S/C9H9ClN2O2/c1-6(10)4-12-8-2-3-11-5-7(8)9(13)14/h2-3,5H,1,4H2,(H,11,12)(H,13,14). The first-order valence-corrected chi connectivity index (χ1v) is 4.23. The molecule has 0 saturated carbocycles. The lowest BCUT2D eigenvalue weighted by molar-refractivity contribution is 0.0697. The van der Waals surface area contributed by atoms with Gasteiger partial charge in [0.25, 0.3) is 0 Å². The van der Waals surface area contributed by atoms with Crippen LogP contribution in [0, 0.1) is 0 Å². The molecule has 74 valence electrons. The van der Waals surface area contributed by atoms with Crippen LogP contribution in [-0.2, 0) is 0 Å². The van der Waals surface area contributed by atoms with Crippen molar-refractivity contribution in [2.24, 2.45) is 0 Å². The molecule has 0 unspecified atom stereocenters. The van der Waals surface area contributed by atoms with E-state index in [1.54, 1.807) is 6.07 Å². The van der Waals surface area contributed by atoms with Crippen LogP contribution in [0.1, 0.15) is 10.4 Å². The highest BCUT2D eigenvalue weighted by molar-refractivity contribution is 6.29. The SMILES string of the molecule is C=C(Cl)CNc1ccncc1C(=O)O. The van der Waals surface area contributed by atoms with Crippen LogP contribution >= 0.6 is 11.6 Å². The molecule has 1 aromatic heterocycles. The normalized spacial score (nSPS) is 9.50. The van der Waals surface area contributed by atoms with Crippen LogP contribution < -0.4 is 5.32 Å². The summed E-state index contributed by atoms with van der Waals surface area (Å²) in [7, 11) is 0. The number of pyridine rings is 1. The Labute approximate surface area is 86.2 Å². The van der Waals surface area contributed by atoms with Crippen LogP contribution in [0.5, 0.6) is 0 Å². The first-order valence-electron chi connectivity index (χ1n) is 3.85. The number of nitrogens with one attached hydrogen (secondary N) is 1. The molecular formula is C9H9ClN2O2. The fraction of sp³-hybridized carbons (Fsp3) is 0.111. The minimum atomic E-state index is -1.03. The summed E-state index contributed by atoms with van der Waals surface area (Å²) in [5.74, 6) is -1.03. The molecule has 0 aliphatic rings. The highest BCUT2D eigenvalue weighted by atomic mass is 35.5. The maximum atomic E-state index is 10.7. The van der Waals surface area contributed by atoms with Crippen LogP contribution in [0.2, 0.25) is 0 Å². The average Bonchev–Trinajstić information content (AvgIpc) is 2.15. The van der Waals surface area contributed by atoms with Gasteiger partial charge in [-0.05, 0) is 6.07 Å². The van der Waals surface area contributed by atoms with E-state index in [2.05, 4.69) is 16.9 Å². The van der Waals surface area contributed by atoms with Crippen molar-refractivity contribution in [1.82, 2.24) is 4.98 Å². The number of carbonyl (C=O) groups is 1. The summed E-state index contributed by atoms with van der Waals surface area (Å²) in [6.07, 6.45) is 2.79. The molecule has 14 heavy (non-hydrogen) atoms. The Morgan fingerprint density at radius 3 is 3.00 bits per heavy atom. The zero-order valence-corrected chi connectivity index (χ0v) is 8.08. The average molecular weight is 213 g/mol. The third-order valence-electron chi connectivity index (χ3n) is 1.52. The number of carboxylic acid groups (broad SMARTS) is 1. The second-order valence-electron chi connectivity index (χ2n) is 2.60. The van der Waals surface area contributed by atoms with Crippen LogP contribution in [0.4, 0.5) is 5.69 Å². The molecule has 0 aliphatic heterocycles. The van der Waals surface area contributed by atoms with E-state index in [0.717, 1.165) is 0 Å². The van der Waals surface area contributed by atoms with Crippen molar-refractivity contribution in [3.63, 3.8) is 0 Å². The van der Waals surface area contributed by atoms with Crippen molar-refractivity contribution < 1.29 is 9.90 Å². The first kappa shape index (κ1) is 10.5. The number of aromatic carboxylic acids is 1. The van der Waals surface area contributed by atoms with Crippen molar-refractivity contribution in [2.75, 3.05) is 11.9 Å². The molecule has 0 fully saturated rings. The van der Waals surface area contributed by atoms with Crippen LogP contribution in [0.3, 0.4) is 0 Å². The van der Waals surface area contributed by atoms with Gasteiger partial charge >= 0.3 is 5.97 Å². The molecule has 5 heteroatoms. The Morgan fingerprint density at radius 1 is 1.71 bits per heavy atom. The van der Waals surface area contributed by atoms with Crippen molar-refractivity contribution in [3.05, 3.63) is 35.6 Å². The quantitative estimate of drug-likeness (QED) is 0.801. The number of aromatic nitrogens is 1. The van der Waals surface area contributed by atoms with E-state index in [4.69, 9.17) is 16.7 Å². The fourth-order valence-electron chi connectivity index (χ4n) is 0.910. The molecule has 0 aromatic carbocycles. The molecule has 0 saturated heterocycles. The molecule has 4 nitrogen and oxygen atoms in total. The van der Waals surface area contributed by atoms with E-state index in [0.29, 0.717) is 17.3 Å². The number of hydrogen-bond donors (Lipinski definition) is 2. The Kier molecular flexibility index (Phi) is 3.48. The van der Waals surface area contributed by atoms with E-state index in [9.17, 15) is 4.79 Å². The maximum Gasteiger partial charge on any atom is 0.339 e. The third kappa shape index (κ3) is 2.74. The van der Waals surface area contributed by atoms with Crippen LogP contribution in [0.25, 0.3) is 0 Å². The molecule has 0 spiro atoms. The number of anilines is 1. The van der Waals surface area contributed by atoms with Crippen molar-refractivity contribution in [3.8, 4) is 0 Å². The van der Waals surface area contributed by atoms with Gasteiger partial charge in [-0.2, -0.15) is 0 Å². The third-order valence-corrected chi connectivity index (χ3v) is 1.66. The Morgan fingerprint density at radius 2 is 2.43 bits per heavy atom. The zero-order chi connectivity index (χ0) is 10.6. The smallest absolute Gasteiger partial charge is 0.339 e. The maximum absolute atomic E-state index is 10.7. The molecule has 1 rings (SSSR count). The van der Waals surface area contributed by atoms with Gasteiger partial charge in [0.15, 0.2) is 0 Å². The Bertz CT molecular complexity index is 366. The van der Waals surface area contributed by atoms with Crippen molar-refractivity contribution in [2.45, 2.75) is 0 Å². The van der Waals surface area contributed by atoms with E-state index < -0.39 is 5.97 Å². The van der Waals surface area contributed by atoms with Crippen LogP contribution in [0.15, 0.2) is 30.1 Å². The number of nitrogens with zero attached hydrogens (tertiary/aromatic N) is 1. The molecule has 2 N–H and O–H groups in total. The summed E-state index contributed by atoms with van der Waals surface area (Å²) in [5.41, 5.74) is 0.597. The molecular weight excluding hydrogens is 204 g/mol. The lowest BCUT2D eigenvalue weighted by atomic mass is 10.2. The molecule has 0 atom stereocenters. The van der Waals surface area contributed by atoms with Crippen molar-refractivity contribution >= 4 is 23.3 Å². The fourth-order valence-corrected chi connectivity index (χ4v) is 0.977. The van der Waals surface area contributed by atoms with Gasteiger partial charge in [-0.3, -0.25) is 4.98 Å². The topological polar surface area (TPSA) is 62.2 Å². The van der Waals surface area contributed by atoms with Crippen molar-refractivity contribution in [1.29, 1.82) is 0 Å². The summed E-state index contributed by atoms with van der Waals surface area (Å²) >= 11 is 5.54. The van der Waals surface area contributed by atoms with Crippen LogP contribution in [-0.4, -0.2) is 22.6 Å². The second kappa shape index (κ2) is 4.62. The number of halogens is 1. The van der Waals surface area contributed by atoms with Gasteiger partial charge in [0, 0.05) is 17.4 Å². The van der Waals surface area contributed by atoms with Gasteiger partial charge in [0.05, 0.1) is 12.2 Å². The number of rotatable bonds is 4. The van der Waals surface area contributed by atoms with Gasteiger partial charge in [0.2, 0.25) is 0 Å². The van der Waals surface area contributed by atoms with Gasteiger partial charge in [-0.1, -0.05) is 18.2 Å². The number of carboxylic acids is 1. The molecule has 0 bridgehead atoms. The molecule has 0 radical (unpaired) electrons. The van der Waals surface area contributed by atoms with Gasteiger partial charge in [-0.25, -0.2) is 4.79 Å². The number of hydrogen-bond acceptors (Lipinski definition) is 3. The molecule has 0 aliphatic carbocycles. The predicted molar refractivity (Wildman–Crippen MR) is 54.7 cm³/mol. The highest BCUT2D eigenvalue weighted by Gasteiger charge is 2.08. The Hall–Kier alpha value is -1.55. The lowest BCUT2D eigenvalue weighted by Crippen LogP contribution is -2.07. The first-order chi connectivity index (χ1) is 6.61. The minimum absolute atomic E-state index is 0.116. The summed E-state index contributed by atoms with van der Waals surface area (Å²) < 4.78 is 0. The monoisotopic (exact) mass is 212 g/mol. The van der Waals surface area contributed by atoms with Gasteiger partial charge < -0.3 is 10.4 Å². The zero-order valence-electron chi connectivity index (χ0n) is 7.33. The van der Waals surface area contributed by atoms with E-state index in [-0.39, 0.29) is 5.56 Å². The molecule has 1 heterocycles. The second-order valence-corrected chi connectivity index (χ2v) is 3.13. The molecule has 1 aromatic rings. The summed E-state index contributed by atoms with van der Waals surface area (Å²) in [6, 6.07) is 1.57. The Balaban J connectivity index is 2.84. The predicted octanol–water partition coefficient (Wildman–Crippen LogP) is 1.94. The highest BCUT2D eigenvalue weighted by Crippen LogP contribution is 2.13. The van der Waals surface area contributed by atoms with E-state index >= 15 is 0 Å². The lowest BCUT2D eigenvalue weighted by Gasteiger charge is -2.07. The van der Waals surface area contributed by atoms with Gasteiger partial charge in [-0.15, -0.1) is 0 Å².